The molecule has 3 rings (SSSR count). The first-order valence-electron chi connectivity index (χ1n) is 9.74. The molecule has 0 radical (unpaired) electrons. The molecule has 0 unspecified atom stereocenters. The second kappa shape index (κ2) is 8.42. The van der Waals surface area contributed by atoms with E-state index in [0.717, 1.165) is 48.0 Å². The fourth-order valence-corrected chi connectivity index (χ4v) is 3.66. The Morgan fingerprint density at radius 3 is 2.71 bits per heavy atom. The molecular formula is C24H28FN3. The third kappa shape index (κ3) is 3.72. The summed E-state index contributed by atoms with van der Waals surface area (Å²) in [5.41, 5.74) is 4.62. The predicted molar refractivity (Wildman–Crippen MR) is 115 cm³/mol. The molecule has 1 aromatic carbocycles. The van der Waals surface area contributed by atoms with E-state index >= 15 is 0 Å². The van der Waals surface area contributed by atoms with Crippen molar-refractivity contribution >= 4 is 11.4 Å². The van der Waals surface area contributed by atoms with Crippen molar-refractivity contribution in [2.75, 3.05) is 18.0 Å². The highest BCUT2D eigenvalue weighted by Gasteiger charge is 2.26. The molecule has 0 spiro atoms. The van der Waals surface area contributed by atoms with Crippen molar-refractivity contribution in [1.82, 2.24) is 9.88 Å². The van der Waals surface area contributed by atoms with Crippen LogP contribution in [0.3, 0.4) is 0 Å². The highest BCUT2D eigenvalue weighted by atomic mass is 19.1. The quantitative estimate of drug-likeness (QED) is 0.622. The van der Waals surface area contributed by atoms with Crippen LogP contribution in [0.5, 0.6) is 0 Å². The van der Waals surface area contributed by atoms with Gasteiger partial charge in [0.05, 0.1) is 5.69 Å². The van der Waals surface area contributed by atoms with E-state index in [2.05, 4.69) is 42.0 Å². The van der Waals surface area contributed by atoms with Gasteiger partial charge in [0.2, 0.25) is 0 Å². The molecule has 1 aromatic heterocycles. The molecular weight excluding hydrogens is 349 g/mol. The SMILES string of the molecule is C=C/C(=C\C)c1ccc(N2CCN(Cc3cccc(C)c3F)C2=C)nc1CC. The molecule has 0 atom stereocenters. The van der Waals surface area contributed by atoms with Gasteiger partial charge in [-0.25, -0.2) is 9.37 Å². The minimum Gasteiger partial charge on any atom is -0.352 e. The van der Waals surface area contributed by atoms with Gasteiger partial charge in [-0.05, 0) is 43.5 Å². The highest BCUT2D eigenvalue weighted by molar-refractivity contribution is 5.75. The van der Waals surface area contributed by atoms with Crippen LogP contribution in [0.1, 0.15) is 36.2 Å². The van der Waals surface area contributed by atoms with Gasteiger partial charge in [-0.15, -0.1) is 0 Å². The zero-order valence-electron chi connectivity index (χ0n) is 17.0. The van der Waals surface area contributed by atoms with E-state index in [1.54, 1.807) is 13.0 Å². The Balaban J connectivity index is 1.83. The number of rotatable bonds is 6. The summed E-state index contributed by atoms with van der Waals surface area (Å²) in [5.74, 6) is 1.61. The molecule has 3 nitrogen and oxygen atoms in total. The highest BCUT2D eigenvalue weighted by Crippen LogP contribution is 2.29. The van der Waals surface area contributed by atoms with Gasteiger partial charge in [0, 0.05) is 30.8 Å². The summed E-state index contributed by atoms with van der Waals surface area (Å²) >= 11 is 0. The van der Waals surface area contributed by atoms with Crippen LogP contribution < -0.4 is 4.90 Å². The summed E-state index contributed by atoms with van der Waals surface area (Å²) in [6.07, 6.45) is 4.76. The number of benzene rings is 1. The van der Waals surface area contributed by atoms with Crippen LogP contribution in [0.4, 0.5) is 10.2 Å². The molecule has 1 aliphatic heterocycles. The van der Waals surface area contributed by atoms with Gasteiger partial charge in [0.15, 0.2) is 0 Å². The maximum atomic E-state index is 14.4. The third-order valence-electron chi connectivity index (χ3n) is 5.32. The fraction of sp³-hybridized carbons (Fsp3) is 0.292. The predicted octanol–water partition coefficient (Wildman–Crippen LogP) is 5.47. The molecule has 1 aliphatic rings. The normalized spacial score (nSPS) is 14.7. The van der Waals surface area contributed by atoms with Gasteiger partial charge in [0.25, 0.3) is 0 Å². The zero-order valence-corrected chi connectivity index (χ0v) is 17.0. The number of pyridine rings is 1. The second-order valence-electron chi connectivity index (χ2n) is 7.00. The average Bonchev–Trinajstić information content (AvgIpc) is 3.07. The minimum absolute atomic E-state index is 0.132. The van der Waals surface area contributed by atoms with Gasteiger partial charge in [0.1, 0.15) is 17.5 Å². The van der Waals surface area contributed by atoms with E-state index in [1.165, 1.54) is 0 Å². The Kier molecular flexibility index (Phi) is 5.98. The van der Waals surface area contributed by atoms with Crippen molar-refractivity contribution in [3.8, 4) is 0 Å². The molecule has 0 aliphatic carbocycles. The lowest BCUT2D eigenvalue weighted by atomic mass is 10.0. The lowest BCUT2D eigenvalue weighted by Crippen LogP contribution is -2.23. The fourth-order valence-electron chi connectivity index (χ4n) is 3.66. The second-order valence-corrected chi connectivity index (χ2v) is 7.00. The van der Waals surface area contributed by atoms with Crippen molar-refractivity contribution in [2.24, 2.45) is 0 Å². The van der Waals surface area contributed by atoms with E-state index in [4.69, 9.17) is 4.98 Å². The van der Waals surface area contributed by atoms with Crippen LogP contribution in [0.2, 0.25) is 0 Å². The van der Waals surface area contributed by atoms with Crippen molar-refractivity contribution in [3.63, 3.8) is 0 Å². The van der Waals surface area contributed by atoms with Crippen molar-refractivity contribution in [1.29, 1.82) is 0 Å². The molecule has 1 fully saturated rings. The van der Waals surface area contributed by atoms with Crippen LogP contribution >= 0.6 is 0 Å². The summed E-state index contributed by atoms with van der Waals surface area (Å²) in [7, 11) is 0. The topological polar surface area (TPSA) is 19.4 Å². The van der Waals surface area contributed by atoms with Gasteiger partial charge in [-0.3, -0.25) is 0 Å². The Hall–Kier alpha value is -2.88. The molecule has 2 aromatic rings. The number of aryl methyl sites for hydroxylation is 2. The third-order valence-corrected chi connectivity index (χ3v) is 5.32. The number of hydrogen-bond acceptors (Lipinski definition) is 3. The zero-order chi connectivity index (χ0) is 20.3. The first kappa shape index (κ1) is 19.9. The molecule has 0 bridgehead atoms. The molecule has 0 saturated carbocycles. The summed E-state index contributed by atoms with van der Waals surface area (Å²) in [5, 5.41) is 0. The van der Waals surface area contributed by atoms with E-state index in [1.807, 2.05) is 31.2 Å². The lowest BCUT2D eigenvalue weighted by Gasteiger charge is -2.24. The molecule has 0 N–H and O–H groups in total. The first-order chi connectivity index (χ1) is 13.5. The summed E-state index contributed by atoms with van der Waals surface area (Å²) in [6, 6.07) is 9.67. The van der Waals surface area contributed by atoms with E-state index in [-0.39, 0.29) is 5.82 Å². The number of nitrogens with zero attached hydrogens (tertiary/aromatic N) is 3. The Morgan fingerprint density at radius 2 is 2.04 bits per heavy atom. The first-order valence-corrected chi connectivity index (χ1v) is 9.74. The number of anilines is 1. The smallest absolute Gasteiger partial charge is 0.134 e. The van der Waals surface area contributed by atoms with Crippen LogP contribution in [-0.2, 0) is 13.0 Å². The molecule has 0 amide bonds. The molecule has 2 heterocycles. The van der Waals surface area contributed by atoms with Gasteiger partial charge < -0.3 is 9.80 Å². The Morgan fingerprint density at radius 1 is 1.25 bits per heavy atom. The van der Waals surface area contributed by atoms with Crippen LogP contribution in [0, 0.1) is 12.7 Å². The number of allylic oxidation sites excluding steroid dienone is 3. The van der Waals surface area contributed by atoms with Crippen molar-refractivity contribution in [2.45, 2.75) is 33.7 Å². The lowest BCUT2D eigenvalue weighted by molar-refractivity contribution is 0.383. The van der Waals surface area contributed by atoms with Crippen LogP contribution in [0.15, 0.2) is 61.5 Å². The maximum Gasteiger partial charge on any atom is 0.134 e. The largest absolute Gasteiger partial charge is 0.352 e. The standard InChI is InChI=1S/C24H28FN3/c1-6-19(7-2)21-12-13-23(26-22(21)8-3)28-15-14-27(18(28)5)16-20-11-9-10-17(4)24(20)25/h6-7,9-13H,1,5,8,14-16H2,2-4H3/b19-7+. The average molecular weight is 378 g/mol. The molecule has 1 saturated heterocycles. The Labute approximate surface area is 167 Å². The van der Waals surface area contributed by atoms with Crippen LogP contribution in [0.25, 0.3) is 5.57 Å². The van der Waals surface area contributed by atoms with E-state index in [9.17, 15) is 4.39 Å². The van der Waals surface area contributed by atoms with E-state index < -0.39 is 0 Å². The molecule has 4 heteroatoms. The van der Waals surface area contributed by atoms with Gasteiger partial charge >= 0.3 is 0 Å². The maximum absolute atomic E-state index is 14.4. The Bertz CT molecular complexity index is 929. The summed E-state index contributed by atoms with van der Waals surface area (Å²) in [4.78, 5) is 9.11. The van der Waals surface area contributed by atoms with Gasteiger partial charge in [-0.2, -0.15) is 0 Å². The van der Waals surface area contributed by atoms with Crippen LogP contribution in [-0.4, -0.2) is 23.0 Å². The number of hydrogen-bond donors (Lipinski definition) is 0. The number of aromatic nitrogens is 1. The van der Waals surface area contributed by atoms with E-state index in [0.29, 0.717) is 17.7 Å². The molecule has 28 heavy (non-hydrogen) atoms. The van der Waals surface area contributed by atoms with Crippen molar-refractivity contribution in [3.05, 3.63) is 89.7 Å². The number of halogens is 1. The molecule has 146 valence electrons. The minimum atomic E-state index is -0.132. The monoisotopic (exact) mass is 377 g/mol. The summed E-state index contributed by atoms with van der Waals surface area (Å²) < 4.78 is 14.4. The summed E-state index contributed by atoms with van der Waals surface area (Å²) in [6.45, 7) is 16.2. The van der Waals surface area contributed by atoms with Gasteiger partial charge in [-0.1, -0.05) is 50.4 Å². The van der Waals surface area contributed by atoms with Crippen molar-refractivity contribution < 1.29 is 4.39 Å².